The first-order valence-electron chi connectivity index (χ1n) is 13.3. The number of carbonyl (C=O) groups is 1. The number of nitrogens with zero attached hydrogens (tertiary/aromatic N) is 3. The van der Waals surface area contributed by atoms with Crippen LogP contribution < -0.4 is 34.0 Å². The van der Waals surface area contributed by atoms with Gasteiger partial charge in [-0.2, -0.15) is 0 Å². The number of thiazole rings is 1. The van der Waals surface area contributed by atoms with E-state index in [1.165, 1.54) is 15.9 Å². The number of hydrogen-bond acceptors (Lipinski definition) is 9. The fraction of sp³-hybridized carbons (Fsp3) is 0.367. The van der Waals surface area contributed by atoms with E-state index in [1.807, 2.05) is 12.1 Å². The van der Waals surface area contributed by atoms with Gasteiger partial charge < -0.3 is 23.8 Å². The molecule has 1 aliphatic rings. The average molecular weight is 645 g/mol. The lowest BCUT2D eigenvalue weighted by Crippen LogP contribution is -2.40. The zero-order valence-corrected chi connectivity index (χ0v) is 26.6. The molecular weight excluding hydrogens is 610 g/mol. The fourth-order valence-electron chi connectivity index (χ4n) is 4.93. The van der Waals surface area contributed by atoms with Gasteiger partial charge >= 0.3 is 5.97 Å². The molecule has 0 amide bonds. The van der Waals surface area contributed by atoms with Gasteiger partial charge in [-0.15, -0.1) is 0 Å². The molecule has 0 saturated heterocycles. The smallest absolute Gasteiger partial charge is 0.338 e. The number of fused-ring (bicyclic) bond motifs is 1. The molecule has 41 heavy (non-hydrogen) atoms. The Balaban J connectivity index is 1.99. The van der Waals surface area contributed by atoms with Gasteiger partial charge in [-0.3, -0.25) is 9.36 Å². The van der Waals surface area contributed by atoms with Crippen molar-refractivity contribution in [3.05, 3.63) is 76.9 Å². The molecule has 4 rings (SSSR count). The van der Waals surface area contributed by atoms with Crippen LogP contribution in [-0.4, -0.2) is 51.6 Å². The third-order valence-electron chi connectivity index (χ3n) is 6.94. The molecule has 2 heterocycles. The van der Waals surface area contributed by atoms with E-state index in [4.69, 9.17) is 18.9 Å². The molecule has 0 N–H and O–H groups in total. The standard InChI is InChI=1S/C30H34BrN3O6S/c1-8-33(9-2)22-16-24(39-7)18(13-21(22)31)14-25-28(35)34-27(20-15-19(37-5)11-12-23(20)38-6)26(29(36)40-10-3)17(4)32-30(34)41-25/h11-16,27H,8-10H2,1-7H3. The van der Waals surface area contributed by atoms with E-state index in [9.17, 15) is 9.59 Å². The molecule has 9 nitrogen and oxygen atoms in total. The molecular formula is C30H34BrN3O6S. The highest BCUT2D eigenvalue weighted by molar-refractivity contribution is 9.10. The summed E-state index contributed by atoms with van der Waals surface area (Å²) in [6.45, 7) is 9.53. The molecule has 218 valence electrons. The van der Waals surface area contributed by atoms with Crippen molar-refractivity contribution >= 4 is 45.0 Å². The van der Waals surface area contributed by atoms with Gasteiger partial charge in [-0.25, -0.2) is 9.79 Å². The number of allylic oxidation sites excluding steroid dienone is 1. The van der Waals surface area contributed by atoms with Crippen molar-refractivity contribution in [2.45, 2.75) is 33.7 Å². The van der Waals surface area contributed by atoms with E-state index in [2.05, 4.69) is 39.7 Å². The molecule has 1 unspecified atom stereocenters. The van der Waals surface area contributed by atoms with Crippen molar-refractivity contribution in [3.8, 4) is 17.2 Å². The predicted octanol–water partition coefficient (Wildman–Crippen LogP) is 4.43. The Bertz CT molecular complexity index is 1670. The molecule has 1 aromatic heterocycles. The Labute approximate surface area is 251 Å². The largest absolute Gasteiger partial charge is 0.497 e. The molecule has 2 aromatic carbocycles. The molecule has 0 radical (unpaired) electrons. The number of carbonyl (C=O) groups excluding carboxylic acids is 1. The Morgan fingerprint density at radius 3 is 2.39 bits per heavy atom. The van der Waals surface area contributed by atoms with E-state index < -0.39 is 12.0 Å². The van der Waals surface area contributed by atoms with Gasteiger partial charge in [0.15, 0.2) is 4.80 Å². The Morgan fingerprint density at radius 2 is 1.78 bits per heavy atom. The first-order valence-corrected chi connectivity index (χ1v) is 14.9. The van der Waals surface area contributed by atoms with Crippen LogP contribution in [0.3, 0.4) is 0 Å². The molecule has 11 heteroatoms. The topological polar surface area (TPSA) is 91.6 Å². The molecule has 1 atom stereocenters. The third-order valence-corrected chi connectivity index (χ3v) is 8.56. The number of rotatable bonds is 10. The summed E-state index contributed by atoms with van der Waals surface area (Å²) in [5.41, 5.74) is 2.75. The zero-order chi connectivity index (χ0) is 29.8. The summed E-state index contributed by atoms with van der Waals surface area (Å²) < 4.78 is 25.1. The second kappa shape index (κ2) is 12.9. The van der Waals surface area contributed by atoms with Crippen LogP contribution in [0.1, 0.15) is 44.9 Å². The van der Waals surface area contributed by atoms with Gasteiger partial charge in [0.1, 0.15) is 23.3 Å². The molecule has 0 saturated carbocycles. The summed E-state index contributed by atoms with van der Waals surface area (Å²) in [6, 6.07) is 8.36. The number of aromatic nitrogens is 1. The van der Waals surface area contributed by atoms with Crippen molar-refractivity contribution in [2.24, 2.45) is 4.99 Å². The fourth-order valence-corrected chi connectivity index (χ4v) is 6.58. The first kappa shape index (κ1) is 30.4. The van der Waals surface area contributed by atoms with Crippen LogP contribution in [0.15, 0.2) is 55.9 Å². The van der Waals surface area contributed by atoms with Crippen molar-refractivity contribution in [2.75, 3.05) is 45.9 Å². The lowest BCUT2D eigenvalue weighted by molar-refractivity contribution is -0.139. The maximum atomic E-state index is 14.1. The van der Waals surface area contributed by atoms with E-state index in [0.717, 1.165) is 28.8 Å². The highest BCUT2D eigenvalue weighted by Crippen LogP contribution is 2.38. The van der Waals surface area contributed by atoms with Crippen molar-refractivity contribution in [1.82, 2.24) is 4.57 Å². The summed E-state index contributed by atoms with van der Waals surface area (Å²) >= 11 is 4.94. The van der Waals surface area contributed by atoms with Gasteiger partial charge in [0, 0.05) is 34.8 Å². The maximum Gasteiger partial charge on any atom is 0.338 e. The number of hydrogen-bond donors (Lipinski definition) is 0. The van der Waals surface area contributed by atoms with Crippen LogP contribution in [0, 0.1) is 0 Å². The number of esters is 1. The van der Waals surface area contributed by atoms with E-state index in [-0.39, 0.29) is 17.7 Å². The van der Waals surface area contributed by atoms with Crippen LogP contribution in [-0.2, 0) is 9.53 Å². The van der Waals surface area contributed by atoms with Crippen molar-refractivity contribution < 1.29 is 23.7 Å². The minimum atomic E-state index is -0.837. The molecule has 3 aromatic rings. The van der Waals surface area contributed by atoms with Crippen LogP contribution >= 0.6 is 27.3 Å². The SMILES string of the molecule is CCOC(=O)C1=C(C)N=c2sc(=Cc3cc(Br)c(N(CC)CC)cc3OC)c(=O)n2C1c1cc(OC)ccc1OC. The molecule has 1 aliphatic heterocycles. The molecule has 0 fully saturated rings. The minimum Gasteiger partial charge on any atom is -0.497 e. The van der Waals surface area contributed by atoms with E-state index >= 15 is 0 Å². The predicted molar refractivity (Wildman–Crippen MR) is 164 cm³/mol. The molecule has 0 bridgehead atoms. The summed E-state index contributed by atoms with van der Waals surface area (Å²) in [5.74, 6) is 1.15. The second-order valence-electron chi connectivity index (χ2n) is 9.13. The summed E-state index contributed by atoms with van der Waals surface area (Å²) in [5, 5.41) is 0. The number of anilines is 1. The van der Waals surface area contributed by atoms with Crippen molar-refractivity contribution in [3.63, 3.8) is 0 Å². The molecule has 0 spiro atoms. The summed E-state index contributed by atoms with van der Waals surface area (Å²) in [4.78, 5) is 34.7. The lowest BCUT2D eigenvalue weighted by Gasteiger charge is -2.26. The number of ether oxygens (including phenoxy) is 4. The summed E-state index contributed by atoms with van der Waals surface area (Å²) in [7, 11) is 4.71. The number of benzene rings is 2. The van der Waals surface area contributed by atoms with Crippen molar-refractivity contribution in [1.29, 1.82) is 0 Å². The van der Waals surface area contributed by atoms with Crippen LogP contribution in [0.5, 0.6) is 17.2 Å². The highest BCUT2D eigenvalue weighted by atomic mass is 79.9. The van der Waals surface area contributed by atoms with Gasteiger partial charge in [0.25, 0.3) is 5.56 Å². The lowest BCUT2D eigenvalue weighted by atomic mass is 9.94. The van der Waals surface area contributed by atoms with Gasteiger partial charge in [-0.05, 0) is 74.0 Å². The van der Waals surface area contributed by atoms with E-state index in [0.29, 0.717) is 37.8 Å². The normalized spacial score (nSPS) is 14.8. The Morgan fingerprint density at radius 1 is 1.07 bits per heavy atom. The monoisotopic (exact) mass is 643 g/mol. The first-order chi connectivity index (χ1) is 19.7. The second-order valence-corrected chi connectivity index (χ2v) is 11.0. The zero-order valence-electron chi connectivity index (χ0n) is 24.2. The minimum absolute atomic E-state index is 0.181. The van der Waals surface area contributed by atoms with Crippen LogP contribution in [0.2, 0.25) is 0 Å². The van der Waals surface area contributed by atoms with Gasteiger partial charge in [0.05, 0.1) is 49.4 Å². The average Bonchev–Trinajstić information content (AvgIpc) is 3.27. The number of methoxy groups -OCH3 is 3. The number of halogens is 1. The van der Waals surface area contributed by atoms with Crippen LogP contribution in [0.25, 0.3) is 6.08 Å². The third kappa shape index (κ3) is 5.78. The quantitative estimate of drug-likeness (QED) is 0.302. The van der Waals surface area contributed by atoms with Gasteiger partial charge in [0.2, 0.25) is 0 Å². The summed E-state index contributed by atoms with van der Waals surface area (Å²) in [6.07, 6.45) is 1.79. The van der Waals surface area contributed by atoms with Gasteiger partial charge in [-0.1, -0.05) is 11.3 Å². The Kier molecular flexibility index (Phi) is 9.60. The highest BCUT2D eigenvalue weighted by Gasteiger charge is 2.35. The van der Waals surface area contributed by atoms with Crippen LogP contribution in [0.4, 0.5) is 5.69 Å². The molecule has 0 aliphatic carbocycles. The Hall–Kier alpha value is -3.57. The maximum absolute atomic E-state index is 14.1. The van der Waals surface area contributed by atoms with E-state index in [1.54, 1.807) is 59.5 Å².